The molecule has 0 amide bonds. The molecule has 0 saturated carbocycles. The molecular formula is C11H25NO. The first-order valence-corrected chi connectivity index (χ1v) is 5.49. The topological polar surface area (TPSA) is 23.5 Å². The van der Waals surface area contributed by atoms with E-state index >= 15 is 0 Å². The zero-order valence-corrected chi connectivity index (χ0v) is 9.42. The summed E-state index contributed by atoms with van der Waals surface area (Å²) in [4.78, 5) is 2.04. The van der Waals surface area contributed by atoms with Gasteiger partial charge in [-0.2, -0.15) is 0 Å². The molecular weight excluding hydrogens is 162 g/mol. The third-order valence-corrected chi connectivity index (χ3v) is 2.22. The van der Waals surface area contributed by atoms with Crippen LogP contribution in [0.4, 0.5) is 0 Å². The number of hydrogen-bond donors (Lipinski definition) is 1. The molecule has 0 aromatic carbocycles. The van der Waals surface area contributed by atoms with Gasteiger partial charge < -0.3 is 10.0 Å². The van der Waals surface area contributed by atoms with Crippen molar-refractivity contribution >= 4 is 0 Å². The summed E-state index contributed by atoms with van der Waals surface area (Å²) in [5.41, 5.74) is 0. The molecule has 0 aromatic heterocycles. The lowest BCUT2D eigenvalue weighted by atomic mass is 10.1. The quantitative estimate of drug-likeness (QED) is 0.589. The highest BCUT2D eigenvalue weighted by Gasteiger charge is 2.04. The summed E-state index contributed by atoms with van der Waals surface area (Å²) in [6, 6.07) is 0. The summed E-state index contributed by atoms with van der Waals surface area (Å²) < 4.78 is 0. The third kappa shape index (κ3) is 9.84. The second kappa shape index (κ2) is 8.52. The fourth-order valence-corrected chi connectivity index (χ4v) is 1.50. The molecule has 80 valence electrons. The third-order valence-electron chi connectivity index (χ3n) is 2.22. The second-order valence-electron chi connectivity index (χ2n) is 4.12. The van der Waals surface area contributed by atoms with Crippen molar-refractivity contribution in [2.45, 2.75) is 51.6 Å². The molecule has 0 aromatic rings. The Hall–Kier alpha value is -0.0800. The van der Waals surface area contributed by atoms with Crippen LogP contribution in [-0.2, 0) is 0 Å². The largest absolute Gasteiger partial charge is 0.392 e. The zero-order chi connectivity index (χ0) is 10.1. The van der Waals surface area contributed by atoms with E-state index < -0.39 is 0 Å². The summed E-state index contributed by atoms with van der Waals surface area (Å²) >= 11 is 0. The first kappa shape index (κ1) is 12.9. The monoisotopic (exact) mass is 187 g/mol. The molecule has 0 heterocycles. The second-order valence-corrected chi connectivity index (χ2v) is 4.12. The number of likely N-dealkylation sites (N-methyl/N-ethyl adjacent to an activating group) is 1. The highest BCUT2D eigenvalue weighted by molar-refractivity contribution is 4.58. The van der Waals surface area contributed by atoms with Gasteiger partial charge in [-0.3, -0.25) is 0 Å². The van der Waals surface area contributed by atoms with E-state index in [4.69, 9.17) is 0 Å². The Kier molecular flexibility index (Phi) is 8.46. The number of aliphatic hydroxyl groups is 1. The predicted octanol–water partition coefficient (Wildman–Crippen LogP) is 2.27. The maximum absolute atomic E-state index is 9.53. The van der Waals surface area contributed by atoms with Crippen molar-refractivity contribution in [3.05, 3.63) is 0 Å². The summed E-state index contributed by atoms with van der Waals surface area (Å²) in [5.74, 6) is 0. The maximum atomic E-state index is 9.53. The van der Waals surface area contributed by atoms with Gasteiger partial charge in [0.1, 0.15) is 0 Å². The van der Waals surface area contributed by atoms with Gasteiger partial charge in [-0.05, 0) is 20.5 Å². The number of aliphatic hydroxyl groups excluding tert-OH is 1. The van der Waals surface area contributed by atoms with Crippen LogP contribution in [-0.4, -0.2) is 36.8 Å². The number of rotatable bonds is 8. The van der Waals surface area contributed by atoms with Crippen LogP contribution in [0.15, 0.2) is 0 Å². The fraction of sp³-hybridized carbons (Fsp3) is 1.00. The molecule has 0 bridgehead atoms. The lowest BCUT2D eigenvalue weighted by Gasteiger charge is -2.15. The van der Waals surface area contributed by atoms with Crippen molar-refractivity contribution in [1.82, 2.24) is 4.90 Å². The van der Waals surface area contributed by atoms with E-state index in [1.54, 1.807) is 0 Å². The Morgan fingerprint density at radius 1 is 1.08 bits per heavy atom. The molecule has 0 rings (SSSR count). The van der Waals surface area contributed by atoms with Crippen molar-refractivity contribution in [2.24, 2.45) is 0 Å². The van der Waals surface area contributed by atoms with Gasteiger partial charge in [-0.1, -0.05) is 39.0 Å². The molecule has 1 atom stereocenters. The number of unbranched alkanes of at least 4 members (excludes halogenated alkanes) is 4. The molecule has 1 unspecified atom stereocenters. The van der Waals surface area contributed by atoms with Crippen molar-refractivity contribution in [2.75, 3.05) is 20.6 Å². The lowest BCUT2D eigenvalue weighted by Crippen LogP contribution is -2.25. The lowest BCUT2D eigenvalue weighted by molar-refractivity contribution is 0.125. The molecule has 0 aliphatic heterocycles. The molecule has 0 spiro atoms. The summed E-state index contributed by atoms with van der Waals surface area (Å²) in [7, 11) is 4.00. The minimum absolute atomic E-state index is 0.128. The van der Waals surface area contributed by atoms with Crippen molar-refractivity contribution < 1.29 is 5.11 Å². The molecule has 0 radical (unpaired) electrons. The van der Waals surface area contributed by atoms with Crippen LogP contribution in [0.3, 0.4) is 0 Å². The summed E-state index contributed by atoms with van der Waals surface area (Å²) in [6.45, 7) is 3.02. The van der Waals surface area contributed by atoms with E-state index in [9.17, 15) is 5.11 Å². The molecule has 2 nitrogen and oxygen atoms in total. The van der Waals surface area contributed by atoms with Gasteiger partial charge in [0.2, 0.25) is 0 Å². The normalized spacial score (nSPS) is 13.6. The zero-order valence-electron chi connectivity index (χ0n) is 9.42. The average Bonchev–Trinajstić information content (AvgIpc) is 2.02. The van der Waals surface area contributed by atoms with Crippen LogP contribution in [0, 0.1) is 0 Å². The Morgan fingerprint density at radius 2 is 1.69 bits per heavy atom. The smallest absolute Gasteiger partial charge is 0.0666 e. The van der Waals surface area contributed by atoms with Crippen molar-refractivity contribution in [1.29, 1.82) is 0 Å². The molecule has 0 saturated heterocycles. The Morgan fingerprint density at radius 3 is 2.23 bits per heavy atom. The maximum Gasteiger partial charge on any atom is 0.0666 e. The van der Waals surface area contributed by atoms with Gasteiger partial charge in [0.25, 0.3) is 0 Å². The van der Waals surface area contributed by atoms with Crippen LogP contribution in [0.2, 0.25) is 0 Å². The molecule has 1 N–H and O–H groups in total. The predicted molar refractivity (Wildman–Crippen MR) is 57.9 cm³/mol. The molecule has 0 fully saturated rings. The van der Waals surface area contributed by atoms with E-state index in [0.29, 0.717) is 0 Å². The van der Waals surface area contributed by atoms with Gasteiger partial charge in [0, 0.05) is 6.54 Å². The Bertz CT molecular complexity index is 104. The minimum Gasteiger partial charge on any atom is -0.392 e. The molecule has 0 aliphatic carbocycles. The van der Waals surface area contributed by atoms with E-state index in [1.807, 2.05) is 19.0 Å². The standard InChI is InChI=1S/C11H25NO/c1-4-5-6-7-8-9-11(13)10-12(2)3/h11,13H,4-10H2,1-3H3. The van der Waals surface area contributed by atoms with Crippen LogP contribution in [0.1, 0.15) is 45.4 Å². The van der Waals surface area contributed by atoms with Crippen molar-refractivity contribution in [3.63, 3.8) is 0 Å². The van der Waals surface area contributed by atoms with E-state index in [1.165, 1.54) is 32.1 Å². The van der Waals surface area contributed by atoms with Gasteiger partial charge in [-0.25, -0.2) is 0 Å². The van der Waals surface area contributed by atoms with Gasteiger partial charge in [-0.15, -0.1) is 0 Å². The first-order valence-electron chi connectivity index (χ1n) is 5.49. The number of nitrogens with zero attached hydrogens (tertiary/aromatic N) is 1. The van der Waals surface area contributed by atoms with E-state index in [0.717, 1.165) is 13.0 Å². The molecule has 2 heteroatoms. The van der Waals surface area contributed by atoms with Crippen LogP contribution in [0.25, 0.3) is 0 Å². The Balaban J connectivity index is 3.12. The summed E-state index contributed by atoms with van der Waals surface area (Å²) in [6.07, 6.45) is 7.24. The van der Waals surface area contributed by atoms with Gasteiger partial charge >= 0.3 is 0 Å². The minimum atomic E-state index is -0.128. The van der Waals surface area contributed by atoms with Crippen LogP contribution in [0.5, 0.6) is 0 Å². The first-order chi connectivity index (χ1) is 6.16. The van der Waals surface area contributed by atoms with Gasteiger partial charge in [0.15, 0.2) is 0 Å². The fourth-order valence-electron chi connectivity index (χ4n) is 1.50. The average molecular weight is 187 g/mol. The van der Waals surface area contributed by atoms with Crippen LogP contribution >= 0.6 is 0 Å². The van der Waals surface area contributed by atoms with E-state index in [2.05, 4.69) is 6.92 Å². The molecule has 13 heavy (non-hydrogen) atoms. The van der Waals surface area contributed by atoms with E-state index in [-0.39, 0.29) is 6.10 Å². The summed E-state index contributed by atoms with van der Waals surface area (Å²) in [5, 5.41) is 9.53. The molecule has 0 aliphatic rings. The van der Waals surface area contributed by atoms with Crippen molar-refractivity contribution in [3.8, 4) is 0 Å². The Labute approximate surface area is 82.9 Å². The van der Waals surface area contributed by atoms with Gasteiger partial charge in [0.05, 0.1) is 6.10 Å². The highest BCUT2D eigenvalue weighted by atomic mass is 16.3. The number of hydrogen-bond acceptors (Lipinski definition) is 2. The highest BCUT2D eigenvalue weighted by Crippen LogP contribution is 2.07. The van der Waals surface area contributed by atoms with Crippen LogP contribution < -0.4 is 0 Å². The SMILES string of the molecule is CCCCCCCC(O)CN(C)C.